The molecule has 0 N–H and O–H groups in total. The zero-order valence-electron chi connectivity index (χ0n) is 15.5. The van der Waals surface area contributed by atoms with Crippen LogP contribution < -0.4 is 11.2 Å². The highest BCUT2D eigenvalue weighted by atomic mass is 19.4. The third-order valence-electron chi connectivity index (χ3n) is 4.92. The van der Waals surface area contributed by atoms with Crippen LogP contribution in [0.15, 0.2) is 15.7 Å². The highest BCUT2D eigenvalue weighted by Gasteiger charge is 2.38. The lowest BCUT2D eigenvalue weighted by molar-refractivity contribution is -0.136. The third kappa shape index (κ3) is 3.19. The number of nitrogens with zero attached hydrogens (tertiary/aromatic N) is 4. The Morgan fingerprint density at radius 2 is 1.96 bits per heavy atom. The van der Waals surface area contributed by atoms with Crippen LogP contribution in [0, 0.1) is 0 Å². The van der Waals surface area contributed by atoms with Gasteiger partial charge in [0.25, 0.3) is 5.56 Å². The van der Waals surface area contributed by atoms with Crippen LogP contribution in [0.5, 0.6) is 0 Å². The van der Waals surface area contributed by atoms with E-state index in [9.17, 15) is 27.6 Å². The number of ether oxygens (including phenoxy) is 1. The largest absolute Gasteiger partial charge is 0.417 e. The Labute approximate surface area is 157 Å². The first-order valence-electron chi connectivity index (χ1n) is 8.54. The Balaban J connectivity index is 2.30. The molecule has 0 aliphatic carbocycles. The highest BCUT2D eigenvalue weighted by Crippen LogP contribution is 2.37. The van der Waals surface area contributed by atoms with Gasteiger partial charge in [-0.2, -0.15) is 13.2 Å². The van der Waals surface area contributed by atoms with Crippen molar-refractivity contribution < 1.29 is 22.7 Å². The van der Waals surface area contributed by atoms with Crippen LogP contribution >= 0.6 is 0 Å². The van der Waals surface area contributed by atoms with Gasteiger partial charge in [-0.15, -0.1) is 0 Å². The van der Waals surface area contributed by atoms with E-state index in [0.717, 1.165) is 17.7 Å². The van der Waals surface area contributed by atoms with Gasteiger partial charge in [0.05, 0.1) is 22.7 Å². The zero-order chi connectivity index (χ0) is 20.8. The van der Waals surface area contributed by atoms with Gasteiger partial charge in [-0.1, -0.05) is 0 Å². The molecule has 8 nitrogen and oxygen atoms in total. The number of amides is 1. The van der Waals surface area contributed by atoms with Crippen LogP contribution in [0.4, 0.5) is 13.2 Å². The summed E-state index contributed by atoms with van der Waals surface area (Å²) >= 11 is 0. The van der Waals surface area contributed by atoms with Crippen LogP contribution in [-0.2, 0) is 29.8 Å². The predicted octanol–water partition coefficient (Wildman–Crippen LogP) is 0.961. The molecule has 1 atom stereocenters. The molecular weight excluding hydrogens is 381 g/mol. The van der Waals surface area contributed by atoms with Gasteiger partial charge in [-0.05, 0) is 18.9 Å². The van der Waals surface area contributed by atoms with E-state index in [2.05, 4.69) is 4.98 Å². The number of methoxy groups -OCH3 is 1. The van der Waals surface area contributed by atoms with Gasteiger partial charge in [0.2, 0.25) is 5.91 Å². The number of likely N-dealkylation sites (tertiary alicyclic amines) is 1. The molecule has 0 saturated carbocycles. The maximum atomic E-state index is 13.7. The quantitative estimate of drug-likeness (QED) is 0.766. The number of pyridine rings is 1. The van der Waals surface area contributed by atoms with Crippen molar-refractivity contribution >= 4 is 16.9 Å². The molecule has 2 aromatic heterocycles. The SMILES string of the molecule is COCC(=O)N1CCC[C@H]1c1cc(C(F)(F)F)c2c(=O)n(C)c(=O)n(C)c2n1. The third-order valence-corrected chi connectivity index (χ3v) is 4.92. The number of carbonyl (C=O) groups excluding carboxylic acids is 1. The Hall–Kier alpha value is -2.69. The molecule has 0 bridgehead atoms. The number of aromatic nitrogens is 3. The number of fused-ring (bicyclic) bond motifs is 1. The van der Waals surface area contributed by atoms with Crippen molar-refractivity contribution in [3.05, 3.63) is 38.2 Å². The number of carbonyl (C=O) groups is 1. The summed E-state index contributed by atoms with van der Waals surface area (Å²) in [5.41, 5.74) is -3.39. The van der Waals surface area contributed by atoms with E-state index < -0.39 is 34.4 Å². The van der Waals surface area contributed by atoms with Crippen LogP contribution in [-0.4, -0.2) is 45.2 Å². The smallest absolute Gasteiger partial charge is 0.375 e. The fourth-order valence-corrected chi connectivity index (χ4v) is 3.55. The van der Waals surface area contributed by atoms with Crippen molar-refractivity contribution in [3.63, 3.8) is 0 Å². The number of hydrogen-bond donors (Lipinski definition) is 0. The Bertz CT molecular complexity index is 1060. The summed E-state index contributed by atoms with van der Waals surface area (Å²) in [6.07, 6.45) is -3.82. The van der Waals surface area contributed by atoms with Gasteiger partial charge in [0.15, 0.2) is 0 Å². The fraction of sp³-hybridized carbons (Fsp3) is 0.529. The van der Waals surface area contributed by atoms with E-state index in [4.69, 9.17) is 4.74 Å². The Kier molecular flexibility index (Phi) is 5.04. The minimum absolute atomic E-state index is 0.00923. The van der Waals surface area contributed by atoms with E-state index in [1.807, 2.05) is 0 Å². The minimum Gasteiger partial charge on any atom is -0.375 e. The molecule has 11 heteroatoms. The molecular formula is C17H19F3N4O4. The second-order valence-electron chi connectivity index (χ2n) is 6.67. The average molecular weight is 400 g/mol. The van der Waals surface area contributed by atoms with E-state index in [-0.39, 0.29) is 23.9 Å². The lowest BCUT2D eigenvalue weighted by Crippen LogP contribution is -2.39. The van der Waals surface area contributed by atoms with Gasteiger partial charge in [0.1, 0.15) is 12.3 Å². The topological polar surface area (TPSA) is 86.4 Å². The summed E-state index contributed by atoms with van der Waals surface area (Å²) in [5, 5.41) is -0.673. The first kappa shape index (κ1) is 20.1. The summed E-state index contributed by atoms with van der Waals surface area (Å²) in [6.45, 7) is 0.165. The number of halogens is 3. The van der Waals surface area contributed by atoms with Crippen LogP contribution in [0.25, 0.3) is 11.0 Å². The van der Waals surface area contributed by atoms with Crippen LogP contribution in [0.3, 0.4) is 0 Å². The number of rotatable bonds is 3. The van der Waals surface area contributed by atoms with E-state index in [1.165, 1.54) is 19.1 Å². The maximum Gasteiger partial charge on any atom is 0.417 e. The van der Waals surface area contributed by atoms with Gasteiger partial charge in [-0.25, -0.2) is 9.78 Å². The van der Waals surface area contributed by atoms with Gasteiger partial charge in [0, 0.05) is 27.7 Å². The molecule has 0 unspecified atom stereocenters. The molecule has 1 aliphatic rings. The molecule has 3 rings (SSSR count). The molecule has 3 heterocycles. The summed E-state index contributed by atoms with van der Waals surface area (Å²) in [4.78, 5) is 42.4. The number of hydrogen-bond acceptors (Lipinski definition) is 5. The van der Waals surface area contributed by atoms with Gasteiger partial charge < -0.3 is 9.64 Å². The van der Waals surface area contributed by atoms with Gasteiger partial charge >= 0.3 is 11.9 Å². The lowest BCUT2D eigenvalue weighted by atomic mass is 10.0. The summed E-state index contributed by atoms with van der Waals surface area (Å²) in [6, 6.07) is 0.115. The van der Waals surface area contributed by atoms with Crippen LogP contribution in [0.2, 0.25) is 0 Å². The van der Waals surface area contributed by atoms with Gasteiger partial charge in [-0.3, -0.25) is 18.7 Å². The van der Waals surface area contributed by atoms with E-state index >= 15 is 0 Å². The first-order chi connectivity index (χ1) is 13.1. The second kappa shape index (κ2) is 7.04. The normalized spacial score (nSPS) is 17.5. The van der Waals surface area contributed by atoms with Crippen molar-refractivity contribution in [3.8, 4) is 0 Å². The van der Waals surface area contributed by atoms with E-state index in [0.29, 0.717) is 24.0 Å². The first-order valence-corrected chi connectivity index (χ1v) is 8.54. The summed E-state index contributed by atoms with van der Waals surface area (Å²) < 4.78 is 47.6. The number of alkyl halides is 3. The summed E-state index contributed by atoms with van der Waals surface area (Å²) in [7, 11) is 3.72. The molecule has 0 radical (unpaired) electrons. The maximum absolute atomic E-state index is 13.7. The van der Waals surface area contributed by atoms with Crippen LogP contribution in [0.1, 0.15) is 30.1 Å². The summed E-state index contributed by atoms with van der Waals surface area (Å²) in [5.74, 6) is -0.363. The molecule has 0 aromatic carbocycles. The average Bonchev–Trinajstić information content (AvgIpc) is 3.13. The molecule has 2 aromatic rings. The molecule has 0 spiro atoms. The molecule has 28 heavy (non-hydrogen) atoms. The molecule has 152 valence electrons. The monoisotopic (exact) mass is 400 g/mol. The Morgan fingerprint density at radius 3 is 2.57 bits per heavy atom. The van der Waals surface area contributed by atoms with Crippen molar-refractivity contribution in [2.75, 3.05) is 20.3 Å². The predicted molar refractivity (Wildman–Crippen MR) is 92.8 cm³/mol. The van der Waals surface area contributed by atoms with Crippen molar-refractivity contribution in [2.45, 2.75) is 25.1 Å². The molecule has 1 aliphatic heterocycles. The Morgan fingerprint density at radius 1 is 1.29 bits per heavy atom. The standard InChI is InChI=1S/C17H19F3N4O4/c1-22-14-13(15(26)23(2)16(22)27)9(17(18,19)20)7-10(21-14)11-5-4-6-24(11)12(25)8-28-3/h7,11H,4-6,8H2,1-3H3/t11-/m0/s1. The fourth-order valence-electron chi connectivity index (χ4n) is 3.55. The van der Waals surface area contributed by atoms with Crippen molar-refractivity contribution in [1.29, 1.82) is 0 Å². The van der Waals surface area contributed by atoms with E-state index in [1.54, 1.807) is 0 Å². The number of aryl methyl sites for hydroxylation is 1. The molecule has 1 fully saturated rings. The minimum atomic E-state index is -4.83. The van der Waals surface area contributed by atoms with Crippen molar-refractivity contribution in [1.82, 2.24) is 19.0 Å². The molecule has 1 saturated heterocycles. The second-order valence-corrected chi connectivity index (χ2v) is 6.67. The molecule has 1 amide bonds. The highest BCUT2D eigenvalue weighted by molar-refractivity contribution is 5.80. The lowest BCUT2D eigenvalue weighted by Gasteiger charge is -2.25. The zero-order valence-corrected chi connectivity index (χ0v) is 15.5. The van der Waals surface area contributed by atoms with Crippen molar-refractivity contribution in [2.24, 2.45) is 14.1 Å².